The predicted molar refractivity (Wildman–Crippen MR) is 145 cm³/mol. The van der Waals surface area contributed by atoms with Gasteiger partial charge in [-0.05, 0) is 55.7 Å². The van der Waals surface area contributed by atoms with Gasteiger partial charge in [-0.2, -0.15) is 18.3 Å². The highest BCUT2D eigenvalue weighted by atomic mass is 19.4. The minimum absolute atomic E-state index is 0.0330. The lowest BCUT2D eigenvalue weighted by Crippen LogP contribution is -2.39. The number of hydrogen-bond acceptors (Lipinski definition) is 4. The lowest BCUT2D eigenvalue weighted by Gasteiger charge is -2.32. The average molecular weight is 567 g/mol. The average Bonchev–Trinajstić information content (AvgIpc) is 3.53. The number of hydrogen-bond donors (Lipinski definition) is 0. The zero-order chi connectivity index (χ0) is 28.6. The second-order valence-electron chi connectivity index (χ2n) is 11.2. The third kappa shape index (κ3) is 5.69. The maximum absolute atomic E-state index is 13.9. The summed E-state index contributed by atoms with van der Waals surface area (Å²) in [4.78, 5) is 29.8. The van der Waals surface area contributed by atoms with E-state index in [4.69, 9.17) is 4.74 Å². The molecule has 0 spiro atoms. The van der Waals surface area contributed by atoms with Gasteiger partial charge in [0.1, 0.15) is 6.61 Å². The zero-order valence-electron chi connectivity index (χ0n) is 22.7. The third-order valence-electron chi connectivity index (χ3n) is 8.44. The molecule has 1 saturated carbocycles. The van der Waals surface area contributed by atoms with E-state index in [9.17, 15) is 22.8 Å². The van der Waals surface area contributed by atoms with Crippen LogP contribution in [-0.2, 0) is 17.5 Å². The molecule has 216 valence electrons. The van der Waals surface area contributed by atoms with Gasteiger partial charge < -0.3 is 14.5 Å². The quantitative estimate of drug-likeness (QED) is 0.332. The SMILES string of the molecule is O=C(OCc1ccccc1)N1CCC(n2ncc(C(=O)N3CCCC3c3ccccc3C(F)(F)F)c2C2CC2)CC1. The van der Waals surface area contributed by atoms with Crippen LogP contribution in [0.1, 0.15) is 89.3 Å². The van der Waals surface area contributed by atoms with Gasteiger partial charge in [0.2, 0.25) is 0 Å². The molecule has 10 heteroatoms. The zero-order valence-corrected chi connectivity index (χ0v) is 22.7. The number of carbonyl (C=O) groups excluding carboxylic acids is 2. The van der Waals surface area contributed by atoms with Gasteiger partial charge in [-0.1, -0.05) is 48.5 Å². The molecule has 1 aliphatic carbocycles. The Balaban J connectivity index is 1.16. The summed E-state index contributed by atoms with van der Waals surface area (Å²) in [5.41, 5.74) is 1.78. The van der Waals surface area contributed by atoms with Crippen molar-refractivity contribution in [2.75, 3.05) is 19.6 Å². The fraction of sp³-hybridized carbons (Fsp3) is 0.452. The van der Waals surface area contributed by atoms with E-state index in [1.54, 1.807) is 22.1 Å². The van der Waals surface area contributed by atoms with E-state index in [2.05, 4.69) is 5.10 Å². The van der Waals surface area contributed by atoms with E-state index in [0.29, 0.717) is 50.9 Å². The molecule has 3 aromatic rings. The molecule has 0 radical (unpaired) electrons. The van der Waals surface area contributed by atoms with Gasteiger partial charge in [-0.25, -0.2) is 4.79 Å². The van der Waals surface area contributed by atoms with Crippen molar-refractivity contribution in [2.45, 2.75) is 69.3 Å². The Kier molecular flexibility index (Phi) is 7.48. The lowest BCUT2D eigenvalue weighted by molar-refractivity contribution is -0.138. The Morgan fingerprint density at radius 3 is 2.32 bits per heavy atom. The Labute approximate surface area is 236 Å². The highest BCUT2D eigenvalue weighted by Gasteiger charge is 2.42. The van der Waals surface area contributed by atoms with Gasteiger partial charge in [0.25, 0.3) is 5.91 Å². The number of halogens is 3. The van der Waals surface area contributed by atoms with E-state index in [0.717, 1.165) is 30.2 Å². The summed E-state index contributed by atoms with van der Waals surface area (Å²) in [6.07, 6.45) is 1.18. The molecule has 2 saturated heterocycles. The summed E-state index contributed by atoms with van der Waals surface area (Å²) in [7, 11) is 0. The number of likely N-dealkylation sites (tertiary alicyclic amines) is 2. The molecule has 0 bridgehead atoms. The highest BCUT2D eigenvalue weighted by Crippen LogP contribution is 2.45. The maximum atomic E-state index is 13.9. The van der Waals surface area contributed by atoms with Crippen molar-refractivity contribution in [2.24, 2.45) is 0 Å². The number of carbonyl (C=O) groups is 2. The monoisotopic (exact) mass is 566 g/mol. The van der Waals surface area contributed by atoms with E-state index in [1.807, 2.05) is 35.0 Å². The van der Waals surface area contributed by atoms with Gasteiger partial charge >= 0.3 is 12.3 Å². The van der Waals surface area contributed by atoms with Gasteiger partial charge in [0.05, 0.1) is 35.1 Å². The number of ether oxygens (including phenoxy) is 1. The van der Waals surface area contributed by atoms with Crippen LogP contribution in [0.3, 0.4) is 0 Å². The molecule has 7 nitrogen and oxygen atoms in total. The first kappa shape index (κ1) is 27.4. The Bertz CT molecular complexity index is 1400. The van der Waals surface area contributed by atoms with Crippen LogP contribution >= 0.6 is 0 Å². The minimum atomic E-state index is -4.49. The van der Waals surface area contributed by atoms with Crippen LogP contribution in [-0.4, -0.2) is 51.2 Å². The summed E-state index contributed by atoms with van der Waals surface area (Å²) < 4.78 is 48.8. The van der Waals surface area contributed by atoms with Gasteiger partial charge in [-0.15, -0.1) is 0 Å². The molecule has 2 amide bonds. The van der Waals surface area contributed by atoms with Crippen molar-refractivity contribution in [3.05, 3.63) is 88.7 Å². The number of rotatable bonds is 6. The van der Waals surface area contributed by atoms with Crippen molar-refractivity contribution >= 4 is 12.0 Å². The van der Waals surface area contributed by atoms with Crippen LogP contribution in [0.2, 0.25) is 0 Å². The summed E-state index contributed by atoms with van der Waals surface area (Å²) >= 11 is 0. The van der Waals surface area contributed by atoms with Crippen LogP contribution in [0, 0.1) is 0 Å². The minimum Gasteiger partial charge on any atom is -0.445 e. The molecule has 1 unspecified atom stereocenters. The van der Waals surface area contributed by atoms with Crippen molar-refractivity contribution < 1.29 is 27.5 Å². The van der Waals surface area contributed by atoms with Gasteiger partial charge in [-0.3, -0.25) is 9.48 Å². The fourth-order valence-electron chi connectivity index (χ4n) is 6.23. The molecule has 6 rings (SSSR count). The second kappa shape index (κ2) is 11.2. The molecular formula is C31H33F3N4O3. The fourth-order valence-corrected chi connectivity index (χ4v) is 6.23. The molecule has 1 atom stereocenters. The predicted octanol–water partition coefficient (Wildman–Crippen LogP) is 6.73. The Morgan fingerprint density at radius 1 is 0.902 bits per heavy atom. The number of alkyl halides is 3. The summed E-state index contributed by atoms with van der Waals surface area (Å²) in [5, 5.41) is 4.65. The Morgan fingerprint density at radius 2 is 1.61 bits per heavy atom. The van der Waals surface area contributed by atoms with Gasteiger partial charge in [0, 0.05) is 25.6 Å². The van der Waals surface area contributed by atoms with Crippen LogP contribution in [0.4, 0.5) is 18.0 Å². The number of aromatic nitrogens is 2. The lowest BCUT2D eigenvalue weighted by atomic mass is 9.97. The van der Waals surface area contributed by atoms with Crippen LogP contribution in [0.25, 0.3) is 0 Å². The van der Waals surface area contributed by atoms with E-state index < -0.39 is 17.8 Å². The summed E-state index contributed by atoms with van der Waals surface area (Å²) in [6.45, 7) is 1.68. The highest BCUT2D eigenvalue weighted by molar-refractivity contribution is 5.96. The first-order valence-corrected chi connectivity index (χ1v) is 14.3. The molecule has 1 aromatic heterocycles. The normalized spacial score (nSPS) is 19.9. The van der Waals surface area contributed by atoms with E-state index >= 15 is 0 Å². The number of benzene rings is 2. The molecule has 3 fully saturated rings. The number of amides is 2. The topological polar surface area (TPSA) is 67.7 Å². The first-order chi connectivity index (χ1) is 19.8. The van der Waals surface area contributed by atoms with Crippen LogP contribution < -0.4 is 0 Å². The molecule has 2 aromatic carbocycles. The summed E-state index contributed by atoms with van der Waals surface area (Å²) in [6, 6.07) is 14.5. The molecule has 0 N–H and O–H groups in total. The largest absolute Gasteiger partial charge is 0.445 e. The number of nitrogens with zero attached hydrogens (tertiary/aromatic N) is 4. The standard InChI is InChI=1S/C31H33F3N4O3/c32-31(33,34)26-10-5-4-9-24(26)27-11-6-16-37(27)29(39)25-19-35-38(28(25)22-12-13-22)23-14-17-36(18-15-23)30(40)41-20-21-7-2-1-3-8-21/h1-5,7-10,19,22-23,27H,6,11-18,20H2. The van der Waals surface area contributed by atoms with Crippen molar-refractivity contribution in [3.63, 3.8) is 0 Å². The third-order valence-corrected chi connectivity index (χ3v) is 8.44. The molecule has 41 heavy (non-hydrogen) atoms. The van der Waals surface area contributed by atoms with Crippen molar-refractivity contribution in [1.29, 1.82) is 0 Å². The Hall–Kier alpha value is -3.82. The van der Waals surface area contributed by atoms with E-state index in [1.165, 1.54) is 12.1 Å². The van der Waals surface area contributed by atoms with E-state index in [-0.39, 0.29) is 36.1 Å². The van der Waals surface area contributed by atoms with Gasteiger partial charge in [0.15, 0.2) is 0 Å². The molecule has 3 heterocycles. The molecular weight excluding hydrogens is 533 g/mol. The van der Waals surface area contributed by atoms with Crippen LogP contribution in [0.15, 0.2) is 60.8 Å². The first-order valence-electron chi connectivity index (χ1n) is 14.3. The maximum Gasteiger partial charge on any atom is 0.416 e. The van der Waals surface area contributed by atoms with Crippen molar-refractivity contribution in [1.82, 2.24) is 19.6 Å². The molecule has 3 aliphatic rings. The second-order valence-corrected chi connectivity index (χ2v) is 11.2. The number of piperidine rings is 1. The summed E-state index contributed by atoms with van der Waals surface area (Å²) in [5.74, 6) is -0.0339. The smallest absolute Gasteiger partial charge is 0.416 e. The molecule has 2 aliphatic heterocycles. The van der Waals surface area contributed by atoms with Crippen molar-refractivity contribution in [3.8, 4) is 0 Å². The van der Waals surface area contributed by atoms with Crippen LogP contribution in [0.5, 0.6) is 0 Å².